The smallest absolute Gasteiger partial charge is 0.354 e. The molecule has 1 heterocycles. The molecule has 136 valence electrons. The van der Waals surface area contributed by atoms with Gasteiger partial charge in [-0.15, -0.1) is 0 Å². The van der Waals surface area contributed by atoms with E-state index in [1.54, 1.807) is 24.3 Å². The van der Waals surface area contributed by atoms with Crippen LogP contribution in [0.25, 0.3) is 0 Å². The fourth-order valence-corrected chi connectivity index (χ4v) is 3.31. The van der Waals surface area contributed by atoms with E-state index in [0.717, 1.165) is 25.7 Å². The van der Waals surface area contributed by atoms with Gasteiger partial charge in [-0.3, -0.25) is 25.8 Å². The maximum Gasteiger partial charge on any atom is 0.354 e. The molecule has 3 N–H and O–H groups in total. The number of hydrazine groups is 1. The largest absolute Gasteiger partial charge is 0.361 e. The van der Waals surface area contributed by atoms with Crippen LogP contribution < -0.4 is 16.2 Å². The molecule has 0 aliphatic heterocycles. The van der Waals surface area contributed by atoms with Crippen molar-refractivity contribution in [3.8, 4) is 0 Å². The highest BCUT2D eigenvalue weighted by Gasteiger charge is 2.26. The van der Waals surface area contributed by atoms with E-state index in [0.29, 0.717) is 10.0 Å². The number of benzene rings is 1. The number of anilines is 2. The topological polar surface area (TPSA) is 122 Å². The van der Waals surface area contributed by atoms with Gasteiger partial charge in [-0.25, -0.2) is 9.97 Å². The lowest BCUT2D eigenvalue weighted by molar-refractivity contribution is -0.383. The predicted octanol–water partition coefficient (Wildman–Crippen LogP) is 3.26. The van der Waals surface area contributed by atoms with Crippen molar-refractivity contribution in [1.82, 2.24) is 15.4 Å². The molecule has 1 aromatic heterocycles. The SMILES string of the molecule is O=C(NNc1ncnc(NC2CCCC2)c1[N+](=O)[O-])c1ccccc1Br. The zero-order chi connectivity index (χ0) is 18.5. The summed E-state index contributed by atoms with van der Waals surface area (Å²) < 4.78 is 0.611. The van der Waals surface area contributed by atoms with Gasteiger partial charge >= 0.3 is 5.69 Å². The Morgan fingerprint density at radius 1 is 1.19 bits per heavy atom. The van der Waals surface area contributed by atoms with Crippen molar-refractivity contribution in [2.45, 2.75) is 31.7 Å². The highest BCUT2D eigenvalue weighted by atomic mass is 79.9. The zero-order valence-electron chi connectivity index (χ0n) is 13.7. The van der Waals surface area contributed by atoms with Crippen molar-refractivity contribution < 1.29 is 9.72 Å². The summed E-state index contributed by atoms with van der Waals surface area (Å²) in [6.07, 6.45) is 5.29. The second kappa shape index (κ2) is 8.09. The molecule has 26 heavy (non-hydrogen) atoms. The van der Waals surface area contributed by atoms with Crippen LogP contribution in [-0.2, 0) is 0 Å². The van der Waals surface area contributed by atoms with Crippen LogP contribution in [0.1, 0.15) is 36.0 Å². The van der Waals surface area contributed by atoms with Gasteiger partial charge in [0.2, 0.25) is 11.6 Å². The van der Waals surface area contributed by atoms with E-state index >= 15 is 0 Å². The minimum absolute atomic E-state index is 0.0779. The Labute approximate surface area is 157 Å². The normalized spacial score (nSPS) is 14.0. The van der Waals surface area contributed by atoms with Gasteiger partial charge in [-0.2, -0.15) is 0 Å². The molecule has 0 unspecified atom stereocenters. The number of hydrogen-bond donors (Lipinski definition) is 3. The third-order valence-corrected chi connectivity index (χ3v) is 4.81. The summed E-state index contributed by atoms with van der Waals surface area (Å²) in [6.45, 7) is 0. The molecule has 1 fully saturated rings. The van der Waals surface area contributed by atoms with Crippen LogP contribution in [0.15, 0.2) is 35.1 Å². The van der Waals surface area contributed by atoms with Crippen LogP contribution in [0.2, 0.25) is 0 Å². The first-order valence-electron chi connectivity index (χ1n) is 8.13. The van der Waals surface area contributed by atoms with Crippen molar-refractivity contribution in [3.05, 3.63) is 50.7 Å². The Bertz CT molecular complexity index is 825. The van der Waals surface area contributed by atoms with E-state index in [1.807, 2.05) is 0 Å². The molecule has 10 heteroatoms. The molecule has 1 aromatic carbocycles. The number of nitro groups is 1. The van der Waals surface area contributed by atoms with Gasteiger partial charge in [0.05, 0.1) is 10.5 Å². The molecule has 1 amide bonds. The Hall–Kier alpha value is -2.75. The number of carbonyl (C=O) groups is 1. The first-order chi connectivity index (χ1) is 12.6. The molecule has 9 nitrogen and oxygen atoms in total. The van der Waals surface area contributed by atoms with Crippen LogP contribution in [-0.4, -0.2) is 26.8 Å². The van der Waals surface area contributed by atoms with Crippen LogP contribution >= 0.6 is 15.9 Å². The van der Waals surface area contributed by atoms with Crippen LogP contribution in [0.4, 0.5) is 17.3 Å². The summed E-state index contributed by atoms with van der Waals surface area (Å²) in [5, 5.41) is 14.6. The van der Waals surface area contributed by atoms with E-state index in [9.17, 15) is 14.9 Å². The lowest BCUT2D eigenvalue weighted by Gasteiger charge is -2.14. The molecule has 3 rings (SSSR count). The van der Waals surface area contributed by atoms with Gasteiger partial charge in [0.25, 0.3) is 5.91 Å². The van der Waals surface area contributed by atoms with Crippen LogP contribution in [0.3, 0.4) is 0 Å². The minimum Gasteiger partial charge on any atom is -0.361 e. The predicted molar refractivity (Wildman–Crippen MR) is 99.8 cm³/mol. The van der Waals surface area contributed by atoms with E-state index in [2.05, 4.69) is 42.1 Å². The van der Waals surface area contributed by atoms with Crippen molar-refractivity contribution >= 4 is 39.2 Å². The summed E-state index contributed by atoms with van der Waals surface area (Å²) >= 11 is 3.29. The first kappa shape index (κ1) is 18.1. The van der Waals surface area contributed by atoms with Gasteiger partial charge in [0.15, 0.2) is 0 Å². The lowest BCUT2D eigenvalue weighted by atomic mass is 10.2. The number of hydrogen-bond acceptors (Lipinski definition) is 7. The Kier molecular flexibility index (Phi) is 5.61. The quantitative estimate of drug-likeness (QED) is 0.483. The summed E-state index contributed by atoms with van der Waals surface area (Å²) in [5.74, 6) is -0.379. The number of halogens is 1. The molecule has 0 saturated heterocycles. The molecule has 0 atom stereocenters. The molecular formula is C16H17BrN6O3. The zero-order valence-corrected chi connectivity index (χ0v) is 15.3. The molecular weight excluding hydrogens is 404 g/mol. The molecule has 2 aromatic rings. The molecule has 0 bridgehead atoms. The monoisotopic (exact) mass is 420 g/mol. The number of rotatable bonds is 6. The summed E-state index contributed by atoms with van der Waals surface area (Å²) in [7, 11) is 0. The second-order valence-corrected chi connectivity index (χ2v) is 6.72. The number of aromatic nitrogens is 2. The van der Waals surface area contributed by atoms with Crippen molar-refractivity contribution in [3.63, 3.8) is 0 Å². The van der Waals surface area contributed by atoms with Gasteiger partial charge in [-0.05, 0) is 40.9 Å². The number of nitrogens with one attached hydrogen (secondary N) is 3. The standard InChI is InChI=1S/C16H17BrN6O3/c17-12-8-4-3-7-11(12)16(24)22-21-15-13(23(25)26)14(18-9-19-15)20-10-5-1-2-6-10/h3-4,7-10H,1-2,5-6H2,(H,22,24)(H2,18,19,20,21). The third-order valence-electron chi connectivity index (χ3n) is 4.11. The van der Waals surface area contributed by atoms with E-state index in [4.69, 9.17) is 0 Å². The average Bonchev–Trinajstić information content (AvgIpc) is 3.13. The lowest BCUT2D eigenvalue weighted by Crippen LogP contribution is -2.30. The maximum atomic E-state index is 12.3. The van der Waals surface area contributed by atoms with Crippen LogP contribution in [0, 0.1) is 10.1 Å². The maximum absolute atomic E-state index is 12.3. The fourth-order valence-electron chi connectivity index (χ4n) is 2.84. The molecule has 1 aliphatic carbocycles. The summed E-state index contributed by atoms with van der Waals surface area (Å²) in [6, 6.07) is 7.01. The highest BCUT2D eigenvalue weighted by molar-refractivity contribution is 9.10. The second-order valence-electron chi connectivity index (χ2n) is 5.86. The third kappa shape index (κ3) is 4.07. The molecule has 1 saturated carbocycles. The van der Waals surface area contributed by atoms with Crippen molar-refractivity contribution in [2.24, 2.45) is 0 Å². The minimum atomic E-state index is -0.565. The fraction of sp³-hybridized carbons (Fsp3) is 0.312. The molecule has 1 aliphatic rings. The highest BCUT2D eigenvalue weighted by Crippen LogP contribution is 2.31. The van der Waals surface area contributed by atoms with Gasteiger partial charge in [0.1, 0.15) is 6.33 Å². The number of carbonyl (C=O) groups excluding carboxylic acids is 1. The average molecular weight is 421 g/mol. The van der Waals surface area contributed by atoms with E-state index in [-0.39, 0.29) is 23.4 Å². The number of amides is 1. The Balaban J connectivity index is 1.77. The summed E-state index contributed by atoms with van der Waals surface area (Å²) in [4.78, 5) is 31.1. The summed E-state index contributed by atoms with van der Waals surface area (Å²) in [5.41, 5.74) is 5.05. The Morgan fingerprint density at radius 3 is 2.58 bits per heavy atom. The molecule has 0 radical (unpaired) electrons. The van der Waals surface area contributed by atoms with E-state index < -0.39 is 10.8 Å². The van der Waals surface area contributed by atoms with E-state index in [1.165, 1.54) is 6.33 Å². The van der Waals surface area contributed by atoms with Gasteiger partial charge in [0, 0.05) is 10.5 Å². The van der Waals surface area contributed by atoms with Gasteiger partial charge < -0.3 is 5.32 Å². The van der Waals surface area contributed by atoms with Crippen molar-refractivity contribution in [1.29, 1.82) is 0 Å². The van der Waals surface area contributed by atoms with Crippen molar-refractivity contribution in [2.75, 3.05) is 10.7 Å². The number of nitrogens with zero attached hydrogens (tertiary/aromatic N) is 3. The van der Waals surface area contributed by atoms with Gasteiger partial charge in [-0.1, -0.05) is 25.0 Å². The first-order valence-corrected chi connectivity index (χ1v) is 8.92. The molecule has 0 spiro atoms. The Morgan fingerprint density at radius 2 is 1.88 bits per heavy atom. The van der Waals surface area contributed by atoms with Crippen LogP contribution in [0.5, 0.6) is 0 Å².